The lowest BCUT2D eigenvalue weighted by atomic mass is 9.94. The number of nitrogens with two attached hydrogens (primary N) is 1. The lowest BCUT2D eigenvalue weighted by Crippen LogP contribution is -2.43. The third-order valence-electron chi connectivity index (χ3n) is 6.17. The molecule has 3 heteroatoms. The third-order valence-corrected chi connectivity index (χ3v) is 6.17. The molecule has 1 aliphatic rings. The van der Waals surface area contributed by atoms with Crippen LogP contribution in [0.1, 0.15) is 95.5 Å². The smallest absolute Gasteiger partial charge is 0.237 e. The minimum absolute atomic E-state index is 0.000236. The average molecular weight is 387 g/mol. The summed E-state index contributed by atoms with van der Waals surface area (Å²) >= 11 is 0. The lowest BCUT2D eigenvalue weighted by molar-refractivity contribution is -0.122. The van der Waals surface area contributed by atoms with Gasteiger partial charge >= 0.3 is 0 Å². The maximum Gasteiger partial charge on any atom is 0.237 e. The molecule has 28 heavy (non-hydrogen) atoms. The lowest BCUT2D eigenvalue weighted by Gasteiger charge is -2.19. The Morgan fingerprint density at radius 3 is 1.79 bits per heavy atom. The summed E-state index contributed by atoms with van der Waals surface area (Å²) in [6.07, 6.45) is 19.6. The van der Waals surface area contributed by atoms with Gasteiger partial charge in [-0.2, -0.15) is 0 Å². The first-order valence-electron chi connectivity index (χ1n) is 11.8. The van der Waals surface area contributed by atoms with Gasteiger partial charge in [0.25, 0.3) is 0 Å². The fourth-order valence-electron chi connectivity index (χ4n) is 4.32. The van der Waals surface area contributed by atoms with Gasteiger partial charge in [0, 0.05) is 6.54 Å². The van der Waals surface area contributed by atoms with Crippen LogP contribution in [0.5, 0.6) is 0 Å². The van der Waals surface area contributed by atoms with E-state index in [4.69, 9.17) is 5.73 Å². The molecule has 0 radical (unpaired) electrons. The molecule has 1 aliphatic carbocycles. The Morgan fingerprint density at radius 1 is 0.821 bits per heavy atom. The number of carbonyl (C=O) groups excluding carboxylic acids is 1. The highest BCUT2D eigenvalue weighted by Gasteiger charge is 2.16. The van der Waals surface area contributed by atoms with E-state index >= 15 is 0 Å². The summed E-state index contributed by atoms with van der Waals surface area (Å²) in [7, 11) is 0. The van der Waals surface area contributed by atoms with Gasteiger partial charge in [-0.3, -0.25) is 4.79 Å². The van der Waals surface area contributed by atoms with Gasteiger partial charge in [-0.1, -0.05) is 107 Å². The fraction of sp³-hybridized carbons (Fsp3) is 0.720. The van der Waals surface area contributed by atoms with E-state index in [2.05, 4.69) is 5.32 Å². The number of nitrogens with one attached hydrogen (secondary N) is 1. The van der Waals surface area contributed by atoms with Crippen molar-refractivity contribution in [2.75, 3.05) is 6.54 Å². The molecule has 3 nitrogen and oxygen atoms in total. The van der Waals surface area contributed by atoms with Gasteiger partial charge in [-0.25, -0.2) is 0 Å². The van der Waals surface area contributed by atoms with Crippen LogP contribution in [0.2, 0.25) is 0 Å². The second-order valence-electron chi connectivity index (χ2n) is 8.73. The van der Waals surface area contributed by atoms with Crippen molar-refractivity contribution >= 4 is 5.91 Å². The summed E-state index contributed by atoms with van der Waals surface area (Å²) in [5.74, 6) is 0.609. The Labute approximate surface area is 172 Å². The van der Waals surface area contributed by atoms with Crippen molar-refractivity contribution in [1.82, 2.24) is 5.32 Å². The summed E-state index contributed by atoms with van der Waals surface area (Å²) in [4.78, 5) is 12.5. The fourth-order valence-corrected chi connectivity index (χ4v) is 4.32. The predicted molar refractivity (Wildman–Crippen MR) is 119 cm³/mol. The van der Waals surface area contributed by atoms with Crippen molar-refractivity contribution in [3.8, 4) is 0 Å². The molecule has 0 bridgehead atoms. The highest BCUT2D eigenvalue weighted by Crippen LogP contribution is 2.20. The first-order chi connectivity index (χ1) is 13.8. The first kappa shape index (κ1) is 22.9. The summed E-state index contributed by atoms with van der Waals surface area (Å²) in [6.45, 7) is 0.793. The molecule has 1 fully saturated rings. The van der Waals surface area contributed by atoms with Crippen molar-refractivity contribution < 1.29 is 4.79 Å². The molecule has 158 valence electrons. The third kappa shape index (κ3) is 10.3. The molecular formula is C25H42N2O. The van der Waals surface area contributed by atoms with E-state index in [1.165, 1.54) is 89.9 Å². The van der Waals surface area contributed by atoms with Gasteiger partial charge in [-0.05, 0) is 30.7 Å². The van der Waals surface area contributed by atoms with Crippen LogP contribution in [0.25, 0.3) is 0 Å². The summed E-state index contributed by atoms with van der Waals surface area (Å²) in [5.41, 5.74) is 7.26. The molecule has 2 rings (SSSR count). The highest BCUT2D eigenvalue weighted by molar-refractivity contribution is 5.81. The zero-order valence-corrected chi connectivity index (χ0v) is 17.8. The molecule has 0 heterocycles. The van der Waals surface area contributed by atoms with E-state index in [1.807, 2.05) is 30.3 Å². The molecule has 0 spiro atoms. The maximum atomic E-state index is 12.5. The van der Waals surface area contributed by atoms with Gasteiger partial charge < -0.3 is 11.1 Å². The molecule has 1 saturated carbocycles. The van der Waals surface area contributed by atoms with Gasteiger partial charge in [0.15, 0.2) is 0 Å². The van der Waals surface area contributed by atoms with Crippen LogP contribution in [-0.4, -0.2) is 18.5 Å². The summed E-state index contributed by atoms with van der Waals surface area (Å²) in [6, 6.07) is 9.60. The number of benzene rings is 1. The maximum absolute atomic E-state index is 12.5. The second-order valence-corrected chi connectivity index (χ2v) is 8.73. The van der Waals surface area contributed by atoms with E-state index < -0.39 is 6.04 Å². The van der Waals surface area contributed by atoms with Crippen LogP contribution in [0.15, 0.2) is 30.3 Å². The average Bonchev–Trinajstić information content (AvgIpc) is 2.72. The molecule has 0 aliphatic heterocycles. The number of hydrogen-bond donors (Lipinski definition) is 2. The van der Waals surface area contributed by atoms with E-state index in [0.29, 0.717) is 12.3 Å². The van der Waals surface area contributed by atoms with Crippen LogP contribution in [-0.2, 0) is 11.2 Å². The zero-order chi connectivity index (χ0) is 19.9. The Morgan fingerprint density at radius 2 is 1.29 bits per heavy atom. The minimum Gasteiger partial charge on any atom is -0.354 e. The monoisotopic (exact) mass is 386 g/mol. The van der Waals surface area contributed by atoms with Gasteiger partial charge in [0.2, 0.25) is 5.91 Å². The number of amides is 1. The zero-order valence-electron chi connectivity index (χ0n) is 17.8. The van der Waals surface area contributed by atoms with E-state index in [-0.39, 0.29) is 5.91 Å². The van der Waals surface area contributed by atoms with Crippen molar-refractivity contribution in [3.05, 3.63) is 35.9 Å². The summed E-state index contributed by atoms with van der Waals surface area (Å²) < 4.78 is 0. The van der Waals surface area contributed by atoms with E-state index in [0.717, 1.165) is 12.1 Å². The van der Waals surface area contributed by atoms with Crippen LogP contribution < -0.4 is 11.1 Å². The Balaban J connectivity index is 1.73. The number of carbonyl (C=O) groups is 1. The van der Waals surface area contributed by atoms with Gasteiger partial charge in [0.05, 0.1) is 6.04 Å². The predicted octanol–water partition coefficient (Wildman–Crippen LogP) is 5.76. The van der Waals surface area contributed by atoms with Crippen LogP contribution >= 0.6 is 0 Å². The Kier molecular flexibility index (Phi) is 12.0. The molecule has 1 amide bonds. The highest BCUT2D eigenvalue weighted by atomic mass is 16.2. The van der Waals surface area contributed by atoms with Crippen molar-refractivity contribution in [2.24, 2.45) is 11.7 Å². The van der Waals surface area contributed by atoms with Crippen LogP contribution in [0, 0.1) is 5.92 Å². The normalized spacial score (nSPS) is 19.9. The standard InChI is InChI=1S/C25H42N2O/c26-24(20-22-16-14-11-15-17-22)25(28)27-21-23-18-12-9-7-5-3-1-2-4-6-8-10-13-19-23/h11,14-17,23-24H,1-10,12-13,18-21,26H2,(H,27,28). The molecular weight excluding hydrogens is 344 g/mol. The minimum atomic E-state index is -0.454. The first-order valence-corrected chi connectivity index (χ1v) is 11.8. The van der Waals surface area contributed by atoms with Crippen molar-refractivity contribution in [3.63, 3.8) is 0 Å². The largest absolute Gasteiger partial charge is 0.354 e. The number of hydrogen-bond acceptors (Lipinski definition) is 2. The van der Waals surface area contributed by atoms with Crippen LogP contribution in [0.3, 0.4) is 0 Å². The topological polar surface area (TPSA) is 55.1 Å². The van der Waals surface area contributed by atoms with E-state index in [9.17, 15) is 4.79 Å². The van der Waals surface area contributed by atoms with Crippen molar-refractivity contribution in [2.45, 2.75) is 102 Å². The molecule has 0 aromatic heterocycles. The molecule has 1 aromatic carbocycles. The molecule has 1 aromatic rings. The van der Waals surface area contributed by atoms with Crippen LogP contribution in [0.4, 0.5) is 0 Å². The number of rotatable bonds is 5. The Hall–Kier alpha value is -1.35. The van der Waals surface area contributed by atoms with Gasteiger partial charge in [-0.15, -0.1) is 0 Å². The Bertz CT molecular complexity index is 501. The molecule has 1 unspecified atom stereocenters. The molecule has 1 atom stereocenters. The SMILES string of the molecule is NC(Cc1ccccc1)C(=O)NCC1CCCCCCCCCCCCCC1. The second kappa shape index (κ2) is 14.6. The summed E-state index contributed by atoms with van der Waals surface area (Å²) in [5, 5.41) is 3.15. The van der Waals surface area contributed by atoms with Gasteiger partial charge in [0.1, 0.15) is 0 Å². The molecule has 0 saturated heterocycles. The van der Waals surface area contributed by atoms with E-state index in [1.54, 1.807) is 0 Å². The molecule has 3 N–H and O–H groups in total. The quantitative estimate of drug-likeness (QED) is 0.675. The van der Waals surface area contributed by atoms with Crippen molar-refractivity contribution in [1.29, 1.82) is 0 Å².